The molecule has 2 aliphatic rings. The number of piperidine rings is 1. The number of likely N-dealkylation sites (tertiary alicyclic amines) is 1. The minimum atomic E-state index is 0.253. The molecule has 0 unspecified atom stereocenters. The molecule has 0 aromatic heterocycles. The fourth-order valence-corrected chi connectivity index (χ4v) is 6.08. The maximum Gasteiger partial charge on any atom is 0.213 e. The number of benzene rings is 3. The van der Waals surface area contributed by atoms with Crippen molar-refractivity contribution in [3.63, 3.8) is 0 Å². The maximum absolute atomic E-state index is 7.94. The second kappa shape index (κ2) is 14.0. The molecule has 0 amide bonds. The third-order valence-electron chi connectivity index (χ3n) is 8.56. The fourth-order valence-electron chi connectivity index (χ4n) is 6.08. The lowest BCUT2D eigenvalue weighted by Crippen LogP contribution is -2.33. The Morgan fingerprint density at radius 2 is 1.70 bits per heavy atom. The molecule has 1 N–H and O–H groups in total. The average molecular weight is 540 g/mol. The molecule has 1 saturated heterocycles. The van der Waals surface area contributed by atoms with Crippen LogP contribution in [0.2, 0.25) is 0 Å². The van der Waals surface area contributed by atoms with Gasteiger partial charge in [-0.05, 0) is 124 Å². The number of aryl methyl sites for hydroxylation is 2. The highest BCUT2D eigenvalue weighted by molar-refractivity contribution is 5.91. The first kappa shape index (κ1) is 28.4. The number of ether oxygens (including phenoxy) is 2. The molecular weight excluding hydrogens is 494 g/mol. The Morgan fingerprint density at radius 3 is 2.48 bits per heavy atom. The standard InChI is InChI=1S/C35H45N3O2/c1-3-39-35(36)31-12-10-29(11-13-31)24-37-20-16-28(17-21-37)18-22-40-34-15-14-30-9-6-19-38(26-33(30)23-34)25-32-8-5-4-7-27(32)2/h4-5,7-8,10-15,23,28,36H,3,6,9,16-22,24-26H2,1-2H3. The summed E-state index contributed by atoms with van der Waals surface area (Å²) in [7, 11) is 0. The Hall–Kier alpha value is -3.15. The third-order valence-corrected chi connectivity index (χ3v) is 8.56. The molecule has 0 bridgehead atoms. The Morgan fingerprint density at radius 1 is 0.900 bits per heavy atom. The summed E-state index contributed by atoms with van der Waals surface area (Å²) in [5.74, 6) is 2.01. The highest BCUT2D eigenvalue weighted by Crippen LogP contribution is 2.27. The van der Waals surface area contributed by atoms with Crippen LogP contribution in [0.3, 0.4) is 0 Å². The van der Waals surface area contributed by atoms with Gasteiger partial charge in [-0.15, -0.1) is 0 Å². The molecule has 3 aromatic carbocycles. The lowest BCUT2D eigenvalue weighted by molar-refractivity contribution is 0.157. The molecule has 0 saturated carbocycles. The quantitative estimate of drug-likeness (QED) is 0.223. The van der Waals surface area contributed by atoms with Crippen LogP contribution < -0.4 is 4.74 Å². The van der Waals surface area contributed by atoms with E-state index >= 15 is 0 Å². The van der Waals surface area contributed by atoms with Crippen molar-refractivity contribution in [3.8, 4) is 5.75 Å². The normalized spacial score (nSPS) is 16.8. The number of hydrogen-bond acceptors (Lipinski definition) is 5. The van der Waals surface area contributed by atoms with Crippen molar-refractivity contribution in [1.82, 2.24) is 9.80 Å². The Labute approximate surface area is 240 Å². The first-order chi connectivity index (χ1) is 19.6. The molecule has 5 nitrogen and oxygen atoms in total. The molecule has 2 heterocycles. The molecule has 5 rings (SSSR count). The van der Waals surface area contributed by atoms with E-state index in [4.69, 9.17) is 14.9 Å². The van der Waals surface area contributed by atoms with E-state index < -0.39 is 0 Å². The number of nitrogens with zero attached hydrogens (tertiary/aromatic N) is 2. The van der Waals surface area contributed by atoms with Crippen molar-refractivity contribution in [2.75, 3.05) is 32.8 Å². The Kier molecular flexibility index (Phi) is 9.90. The summed E-state index contributed by atoms with van der Waals surface area (Å²) in [5.41, 5.74) is 7.87. The molecule has 0 aliphatic carbocycles. The van der Waals surface area contributed by atoms with Crippen LogP contribution in [-0.4, -0.2) is 48.5 Å². The Bertz CT molecular complexity index is 1250. The van der Waals surface area contributed by atoms with Crippen molar-refractivity contribution < 1.29 is 9.47 Å². The van der Waals surface area contributed by atoms with Gasteiger partial charge >= 0.3 is 0 Å². The molecule has 5 heteroatoms. The highest BCUT2D eigenvalue weighted by Gasteiger charge is 2.20. The largest absolute Gasteiger partial charge is 0.494 e. The van der Waals surface area contributed by atoms with E-state index in [2.05, 4.69) is 71.3 Å². The monoisotopic (exact) mass is 539 g/mol. The van der Waals surface area contributed by atoms with Gasteiger partial charge in [0, 0.05) is 25.2 Å². The predicted octanol–water partition coefficient (Wildman–Crippen LogP) is 6.99. The van der Waals surface area contributed by atoms with Gasteiger partial charge in [0.15, 0.2) is 0 Å². The number of nitrogens with one attached hydrogen (secondary N) is 1. The van der Waals surface area contributed by atoms with Gasteiger partial charge in [0.1, 0.15) is 5.75 Å². The van der Waals surface area contributed by atoms with Crippen LogP contribution in [0.5, 0.6) is 5.75 Å². The first-order valence-corrected chi connectivity index (χ1v) is 15.1. The van der Waals surface area contributed by atoms with Crippen LogP contribution in [0, 0.1) is 18.3 Å². The zero-order valence-corrected chi connectivity index (χ0v) is 24.3. The van der Waals surface area contributed by atoms with Crippen LogP contribution in [0.25, 0.3) is 0 Å². The topological polar surface area (TPSA) is 48.8 Å². The van der Waals surface area contributed by atoms with E-state index in [0.717, 1.165) is 75.9 Å². The minimum absolute atomic E-state index is 0.253. The summed E-state index contributed by atoms with van der Waals surface area (Å²) in [6, 6.07) is 23.8. The van der Waals surface area contributed by atoms with E-state index in [1.165, 1.54) is 47.1 Å². The van der Waals surface area contributed by atoms with Gasteiger partial charge in [0.2, 0.25) is 5.90 Å². The maximum atomic E-state index is 7.94. The second-order valence-corrected chi connectivity index (χ2v) is 11.5. The average Bonchev–Trinajstić information content (AvgIpc) is 3.17. The molecule has 1 fully saturated rings. The summed E-state index contributed by atoms with van der Waals surface area (Å²) >= 11 is 0. The van der Waals surface area contributed by atoms with Crippen LogP contribution in [0.15, 0.2) is 66.7 Å². The minimum Gasteiger partial charge on any atom is -0.494 e. The molecular formula is C35H45N3O2. The number of rotatable bonds is 10. The zero-order valence-electron chi connectivity index (χ0n) is 24.3. The predicted molar refractivity (Wildman–Crippen MR) is 163 cm³/mol. The SMILES string of the molecule is CCOC(=N)c1ccc(CN2CCC(CCOc3ccc4c(c3)CN(Cc3ccccc3C)CCC4)CC2)cc1. The van der Waals surface area contributed by atoms with Gasteiger partial charge in [0.05, 0.1) is 13.2 Å². The zero-order chi connectivity index (χ0) is 27.7. The van der Waals surface area contributed by atoms with Crippen molar-refractivity contribution in [1.29, 1.82) is 5.41 Å². The summed E-state index contributed by atoms with van der Waals surface area (Å²) in [6.07, 6.45) is 5.95. The van der Waals surface area contributed by atoms with Crippen LogP contribution >= 0.6 is 0 Å². The van der Waals surface area contributed by atoms with E-state index in [-0.39, 0.29) is 5.90 Å². The van der Waals surface area contributed by atoms with Gasteiger partial charge in [-0.3, -0.25) is 15.2 Å². The molecule has 2 aliphatic heterocycles. The van der Waals surface area contributed by atoms with E-state index in [0.29, 0.717) is 6.61 Å². The third kappa shape index (κ3) is 7.74. The number of fused-ring (bicyclic) bond motifs is 1. The van der Waals surface area contributed by atoms with E-state index in [9.17, 15) is 0 Å². The van der Waals surface area contributed by atoms with Crippen molar-refractivity contribution in [2.45, 2.75) is 65.6 Å². The van der Waals surface area contributed by atoms with E-state index in [1.807, 2.05) is 19.1 Å². The van der Waals surface area contributed by atoms with E-state index in [1.54, 1.807) is 0 Å². The lowest BCUT2D eigenvalue weighted by atomic mass is 9.93. The summed E-state index contributed by atoms with van der Waals surface area (Å²) < 4.78 is 11.6. The molecule has 0 spiro atoms. The number of hydrogen-bond donors (Lipinski definition) is 1. The van der Waals surface area contributed by atoms with Gasteiger partial charge in [-0.2, -0.15) is 0 Å². The smallest absolute Gasteiger partial charge is 0.213 e. The molecule has 0 radical (unpaired) electrons. The Balaban J connectivity index is 1.06. The van der Waals surface area contributed by atoms with Crippen molar-refractivity contribution >= 4 is 5.90 Å². The van der Waals surface area contributed by atoms with Gasteiger partial charge in [-0.25, -0.2) is 0 Å². The van der Waals surface area contributed by atoms with Crippen LogP contribution in [-0.2, 0) is 30.8 Å². The molecule has 40 heavy (non-hydrogen) atoms. The van der Waals surface area contributed by atoms with Gasteiger partial charge in [-0.1, -0.05) is 42.5 Å². The first-order valence-electron chi connectivity index (χ1n) is 15.1. The van der Waals surface area contributed by atoms with Crippen molar-refractivity contribution in [2.24, 2.45) is 5.92 Å². The fraction of sp³-hybridized carbons (Fsp3) is 0.457. The van der Waals surface area contributed by atoms with Crippen molar-refractivity contribution in [3.05, 3.63) is 100 Å². The summed E-state index contributed by atoms with van der Waals surface area (Å²) in [6.45, 7) is 11.8. The van der Waals surface area contributed by atoms with Gasteiger partial charge < -0.3 is 9.47 Å². The second-order valence-electron chi connectivity index (χ2n) is 11.5. The lowest BCUT2D eigenvalue weighted by Gasteiger charge is -2.32. The van der Waals surface area contributed by atoms with Crippen LogP contribution in [0.1, 0.15) is 66.0 Å². The summed E-state index contributed by atoms with van der Waals surface area (Å²) in [4.78, 5) is 5.14. The highest BCUT2D eigenvalue weighted by atomic mass is 16.5. The summed E-state index contributed by atoms with van der Waals surface area (Å²) in [5, 5.41) is 7.94. The molecule has 0 atom stereocenters. The van der Waals surface area contributed by atoms with Gasteiger partial charge in [0.25, 0.3) is 0 Å². The molecule has 3 aromatic rings. The van der Waals surface area contributed by atoms with Crippen LogP contribution in [0.4, 0.5) is 0 Å². The molecule has 212 valence electrons.